The molecule has 7 heteroatoms. The van der Waals surface area contributed by atoms with Gasteiger partial charge in [-0.15, -0.1) is 0 Å². The first-order chi connectivity index (χ1) is 13.6. The SMILES string of the molecule is COc1ccccc1-c1n[nH]c2ncc(-c3ccnc(C(=O)N(C)C)c3)cc12. The maximum Gasteiger partial charge on any atom is 0.271 e. The van der Waals surface area contributed by atoms with Crippen molar-refractivity contribution in [1.29, 1.82) is 0 Å². The third-order valence-corrected chi connectivity index (χ3v) is 4.50. The molecule has 1 amide bonds. The van der Waals surface area contributed by atoms with Gasteiger partial charge in [0.1, 0.15) is 17.1 Å². The topological polar surface area (TPSA) is 84.0 Å². The summed E-state index contributed by atoms with van der Waals surface area (Å²) in [5.41, 5.74) is 4.46. The van der Waals surface area contributed by atoms with E-state index in [0.29, 0.717) is 11.3 Å². The molecule has 140 valence electrons. The molecule has 0 fully saturated rings. The van der Waals surface area contributed by atoms with E-state index < -0.39 is 0 Å². The van der Waals surface area contributed by atoms with Crippen LogP contribution in [0.1, 0.15) is 10.5 Å². The number of para-hydroxylation sites is 1. The number of carbonyl (C=O) groups is 1. The number of carbonyl (C=O) groups excluding carboxylic acids is 1. The minimum absolute atomic E-state index is 0.145. The predicted molar refractivity (Wildman–Crippen MR) is 107 cm³/mol. The Balaban J connectivity index is 1.83. The molecule has 3 heterocycles. The molecule has 0 aliphatic heterocycles. The van der Waals surface area contributed by atoms with Gasteiger partial charge in [-0.3, -0.25) is 14.9 Å². The number of amides is 1. The molecule has 1 aromatic carbocycles. The summed E-state index contributed by atoms with van der Waals surface area (Å²) in [6, 6.07) is 13.4. The Labute approximate surface area is 162 Å². The van der Waals surface area contributed by atoms with Gasteiger partial charge in [0.2, 0.25) is 0 Å². The van der Waals surface area contributed by atoms with Gasteiger partial charge in [-0.05, 0) is 35.9 Å². The van der Waals surface area contributed by atoms with Crippen LogP contribution in [-0.2, 0) is 0 Å². The lowest BCUT2D eigenvalue weighted by Gasteiger charge is -2.10. The number of aromatic nitrogens is 4. The summed E-state index contributed by atoms with van der Waals surface area (Å²) in [7, 11) is 5.04. The van der Waals surface area contributed by atoms with E-state index in [1.54, 1.807) is 39.7 Å². The predicted octanol–water partition coefficient (Wildman–Crippen LogP) is 3.40. The third-order valence-electron chi connectivity index (χ3n) is 4.50. The first-order valence-electron chi connectivity index (χ1n) is 8.74. The van der Waals surface area contributed by atoms with Crippen LogP contribution in [0.3, 0.4) is 0 Å². The number of rotatable bonds is 4. The summed E-state index contributed by atoms with van der Waals surface area (Å²) in [5, 5.41) is 8.28. The van der Waals surface area contributed by atoms with Crippen LogP contribution in [0, 0.1) is 0 Å². The number of fused-ring (bicyclic) bond motifs is 1. The van der Waals surface area contributed by atoms with Crippen LogP contribution in [0.15, 0.2) is 54.9 Å². The Morgan fingerprint density at radius 1 is 1.07 bits per heavy atom. The summed E-state index contributed by atoms with van der Waals surface area (Å²) < 4.78 is 5.47. The van der Waals surface area contributed by atoms with E-state index in [0.717, 1.165) is 33.5 Å². The second kappa shape index (κ2) is 7.11. The van der Waals surface area contributed by atoms with Gasteiger partial charge < -0.3 is 9.64 Å². The number of H-pyrrole nitrogens is 1. The molecule has 28 heavy (non-hydrogen) atoms. The van der Waals surface area contributed by atoms with E-state index in [2.05, 4.69) is 20.2 Å². The highest BCUT2D eigenvalue weighted by molar-refractivity contribution is 5.96. The van der Waals surface area contributed by atoms with Crippen molar-refractivity contribution in [2.75, 3.05) is 21.2 Å². The van der Waals surface area contributed by atoms with E-state index >= 15 is 0 Å². The van der Waals surface area contributed by atoms with Crippen molar-refractivity contribution in [2.24, 2.45) is 0 Å². The molecule has 0 bridgehead atoms. The van der Waals surface area contributed by atoms with Gasteiger partial charge >= 0.3 is 0 Å². The molecule has 1 N–H and O–H groups in total. The Morgan fingerprint density at radius 2 is 1.89 bits per heavy atom. The van der Waals surface area contributed by atoms with E-state index in [-0.39, 0.29) is 5.91 Å². The number of benzene rings is 1. The number of pyridine rings is 2. The van der Waals surface area contributed by atoms with Crippen molar-refractivity contribution < 1.29 is 9.53 Å². The van der Waals surface area contributed by atoms with Crippen LogP contribution >= 0.6 is 0 Å². The molecular weight excluding hydrogens is 354 g/mol. The molecule has 0 radical (unpaired) electrons. The first kappa shape index (κ1) is 17.7. The highest BCUT2D eigenvalue weighted by Crippen LogP contribution is 2.34. The summed E-state index contributed by atoms with van der Waals surface area (Å²) >= 11 is 0. The van der Waals surface area contributed by atoms with Crippen molar-refractivity contribution in [1.82, 2.24) is 25.1 Å². The zero-order chi connectivity index (χ0) is 19.7. The van der Waals surface area contributed by atoms with Crippen LogP contribution < -0.4 is 4.74 Å². The molecule has 0 spiro atoms. The summed E-state index contributed by atoms with van der Waals surface area (Å²) in [6.45, 7) is 0. The average Bonchev–Trinajstić information content (AvgIpc) is 3.16. The monoisotopic (exact) mass is 373 g/mol. The normalized spacial score (nSPS) is 10.8. The fourth-order valence-corrected chi connectivity index (χ4v) is 3.06. The third kappa shape index (κ3) is 3.07. The molecule has 7 nitrogen and oxygen atoms in total. The van der Waals surface area contributed by atoms with Crippen LogP contribution in [-0.4, -0.2) is 52.2 Å². The standard InChI is InChI=1S/C21H19N5O2/c1-26(2)21(27)17-11-13(8-9-22-17)14-10-16-19(24-25-20(16)23-12-14)15-6-4-5-7-18(15)28-3/h4-12H,1-3H3,(H,23,24,25). The average molecular weight is 373 g/mol. The van der Waals surface area contributed by atoms with Gasteiger partial charge in [0.15, 0.2) is 5.65 Å². The zero-order valence-corrected chi connectivity index (χ0v) is 15.8. The van der Waals surface area contributed by atoms with E-state index in [1.165, 1.54) is 4.90 Å². The highest BCUT2D eigenvalue weighted by Gasteiger charge is 2.15. The van der Waals surface area contributed by atoms with E-state index in [4.69, 9.17) is 4.74 Å². The smallest absolute Gasteiger partial charge is 0.271 e. The molecule has 0 atom stereocenters. The fourth-order valence-electron chi connectivity index (χ4n) is 3.06. The second-order valence-corrected chi connectivity index (χ2v) is 6.52. The van der Waals surface area contributed by atoms with Crippen LogP contribution in [0.4, 0.5) is 0 Å². The van der Waals surface area contributed by atoms with E-state index in [9.17, 15) is 4.79 Å². The van der Waals surface area contributed by atoms with Crippen LogP contribution in [0.2, 0.25) is 0 Å². The molecular formula is C21H19N5O2. The lowest BCUT2D eigenvalue weighted by molar-refractivity contribution is 0.0822. The van der Waals surface area contributed by atoms with Crippen molar-refractivity contribution in [2.45, 2.75) is 0 Å². The largest absolute Gasteiger partial charge is 0.496 e. The van der Waals surface area contributed by atoms with Gasteiger partial charge in [0.05, 0.1) is 7.11 Å². The zero-order valence-electron chi connectivity index (χ0n) is 15.8. The Kier molecular flexibility index (Phi) is 4.49. The number of ether oxygens (including phenoxy) is 1. The maximum atomic E-state index is 12.2. The molecule has 0 aliphatic rings. The lowest BCUT2D eigenvalue weighted by atomic mass is 10.0. The van der Waals surface area contributed by atoms with Crippen LogP contribution in [0.25, 0.3) is 33.4 Å². The van der Waals surface area contributed by atoms with Gasteiger partial charge in [-0.1, -0.05) is 12.1 Å². The summed E-state index contributed by atoms with van der Waals surface area (Å²) in [4.78, 5) is 22.4. The number of aromatic amines is 1. The number of methoxy groups -OCH3 is 1. The van der Waals surface area contributed by atoms with Crippen LogP contribution in [0.5, 0.6) is 5.75 Å². The minimum Gasteiger partial charge on any atom is -0.496 e. The first-order valence-corrected chi connectivity index (χ1v) is 8.74. The van der Waals surface area contributed by atoms with Crippen molar-refractivity contribution in [3.8, 4) is 28.1 Å². The van der Waals surface area contributed by atoms with Gasteiger partial charge in [-0.25, -0.2) is 4.98 Å². The Hall–Kier alpha value is -3.74. The number of nitrogens with one attached hydrogen (secondary N) is 1. The number of hydrogen-bond acceptors (Lipinski definition) is 5. The number of nitrogens with zero attached hydrogens (tertiary/aromatic N) is 4. The van der Waals surface area contributed by atoms with Crippen molar-refractivity contribution in [3.63, 3.8) is 0 Å². The molecule has 3 aromatic heterocycles. The molecule has 4 aromatic rings. The maximum absolute atomic E-state index is 12.2. The van der Waals surface area contributed by atoms with Gasteiger partial charge in [0, 0.05) is 43.0 Å². The molecule has 4 rings (SSSR count). The Morgan fingerprint density at radius 3 is 2.68 bits per heavy atom. The van der Waals surface area contributed by atoms with E-state index in [1.807, 2.05) is 36.4 Å². The molecule has 0 aliphatic carbocycles. The quantitative estimate of drug-likeness (QED) is 0.593. The summed E-state index contributed by atoms with van der Waals surface area (Å²) in [6.07, 6.45) is 3.39. The Bertz CT molecular complexity index is 1170. The molecule has 0 saturated heterocycles. The fraction of sp³-hybridized carbons (Fsp3) is 0.143. The number of hydrogen-bond donors (Lipinski definition) is 1. The van der Waals surface area contributed by atoms with Gasteiger partial charge in [-0.2, -0.15) is 5.10 Å². The van der Waals surface area contributed by atoms with Crippen molar-refractivity contribution in [3.05, 3.63) is 60.6 Å². The summed E-state index contributed by atoms with van der Waals surface area (Å²) in [5.74, 6) is 0.595. The lowest BCUT2D eigenvalue weighted by Crippen LogP contribution is -2.22. The second-order valence-electron chi connectivity index (χ2n) is 6.52. The highest BCUT2D eigenvalue weighted by atomic mass is 16.5. The molecule has 0 saturated carbocycles. The minimum atomic E-state index is -0.145. The molecule has 0 unspecified atom stereocenters. The van der Waals surface area contributed by atoms with Crippen molar-refractivity contribution >= 4 is 16.9 Å². The van der Waals surface area contributed by atoms with Gasteiger partial charge in [0.25, 0.3) is 5.91 Å².